The molecule has 120 valence electrons. The van der Waals surface area contributed by atoms with Crippen molar-refractivity contribution in [3.63, 3.8) is 0 Å². The Labute approximate surface area is 138 Å². The van der Waals surface area contributed by atoms with Crippen LogP contribution in [0.5, 0.6) is 0 Å². The van der Waals surface area contributed by atoms with Crippen molar-refractivity contribution < 1.29 is 4.79 Å². The van der Waals surface area contributed by atoms with Crippen LogP contribution in [0.15, 0.2) is 48.5 Å². The van der Waals surface area contributed by atoms with Gasteiger partial charge in [0.1, 0.15) is 0 Å². The zero-order chi connectivity index (χ0) is 16.6. The fraction of sp³-hybridized carbons (Fsp3) is 0.350. The van der Waals surface area contributed by atoms with Crippen molar-refractivity contribution in [1.29, 1.82) is 0 Å². The lowest BCUT2D eigenvalue weighted by Crippen LogP contribution is -2.35. The Balaban J connectivity index is 1.82. The van der Waals surface area contributed by atoms with E-state index in [4.69, 9.17) is 5.73 Å². The third kappa shape index (κ3) is 3.15. The summed E-state index contributed by atoms with van der Waals surface area (Å²) in [5.74, 6) is 0.197. The van der Waals surface area contributed by atoms with Gasteiger partial charge in [0.15, 0.2) is 0 Å². The Morgan fingerprint density at radius 1 is 1.00 bits per heavy atom. The van der Waals surface area contributed by atoms with Crippen molar-refractivity contribution >= 4 is 5.91 Å². The minimum atomic E-state index is -0.342. The quantitative estimate of drug-likeness (QED) is 0.921. The Kier molecular flexibility index (Phi) is 3.99. The van der Waals surface area contributed by atoms with Crippen molar-refractivity contribution in [1.82, 2.24) is 4.90 Å². The number of carbonyl (C=O) groups is 1. The lowest BCUT2D eigenvalue weighted by molar-refractivity contribution is -0.140. The van der Waals surface area contributed by atoms with Crippen LogP contribution in [0.25, 0.3) is 0 Å². The number of rotatable bonds is 2. The Morgan fingerprint density at radius 3 is 2.30 bits per heavy atom. The first kappa shape index (κ1) is 15.8. The Bertz CT molecular complexity index is 716. The van der Waals surface area contributed by atoms with Gasteiger partial charge in [0, 0.05) is 18.5 Å². The highest BCUT2D eigenvalue weighted by Gasteiger charge is 2.31. The topological polar surface area (TPSA) is 46.3 Å². The molecule has 0 radical (unpaired) electrons. The number of amides is 1. The third-order valence-electron chi connectivity index (χ3n) is 4.40. The second kappa shape index (κ2) is 5.82. The van der Waals surface area contributed by atoms with Gasteiger partial charge in [0.2, 0.25) is 5.91 Å². The van der Waals surface area contributed by atoms with Gasteiger partial charge in [-0.15, -0.1) is 0 Å². The SMILES string of the molecule is CC(C)(C)C(=O)N1Cc2ccc(C(N)c3ccccc3)cc2C1. The van der Waals surface area contributed by atoms with E-state index >= 15 is 0 Å². The van der Waals surface area contributed by atoms with E-state index in [-0.39, 0.29) is 17.4 Å². The van der Waals surface area contributed by atoms with Gasteiger partial charge in [-0.2, -0.15) is 0 Å². The van der Waals surface area contributed by atoms with E-state index in [1.165, 1.54) is 11.1 Å². The Morgan fingerprint density at radius 2 is 1.65 bits per heavy atom. The van der Waals surface area contributed by atoms with Crippen LogP contribution in [-0.4, -0.2) is 10.8 Å². The van der Waals surface area contributed by atoms with E-state index in [0.717, 1.165) is 11.1 Å². The molecular formula is C20H24N2O. The van der Waals surface area contributed by atoms with E-state index < -0.39 is 0 Å². The second-order valence-corrected chi connectivity index (χ2v) is 7.33. The summed E-state index contributed by atoms with van der Waals surface area (Å²) < 4.78 is 0. The van der Waals surface area contributed by atoms with Crippen LogP contribution in [0.2, 0.25) is 0 Å². The summed E-state index contributed by atoms with van der Waals surface area (Å²) in [5.41, 5.74) is 10.7. The van der Waals surface area contributed by atoms with Crippen molar-refractivity contribution in [3.8, 4) is 0 Å². The highest BCUT2D eigenvalue weighted by Crippen LogP contribution is 2.30. The molecule has 1 unspecified atom stereocenters. The summed E-state index contributed by atoms with van der Waals surface area (Å²) in [6.45, 7) is 7.28. The van der Waals surface area contributed by atoms with Crippen molar-refractivity contribution in [3.05, 3.63) is 70.8 Å². The molecule has 0 aromatic heterocycles. The van der Waals surface area contributed by atoms with Crippen LogP contribution in [0.1, 0.15) is 49.1 Å². The summed E-state index contributed by atoms with van der Waals surface area (Å²) in [6.07, 6.45) is 0. The van der Waals surface area contributed by atoms with Gasteiger partial charge in [-0.25, -0.2) is 0 Å². The van der Waals surface area contributed by atoms with Gasteiger partial charge in [-0.05, 0) is 22.3 Å². The lowest BCUT2D eigenvalue weighted by Gasteiger charge is -2.25. The zero-order valence-electron chi connectivity index (χ0n) is 14.0. The molecule has 3 heteroatoms. The van der Waals surface area contributed by atoms with Gasteiger partial charge in [-0.1, -0.05) is 69.3 Å². The molecule has 0 spiro atoms. The summed E-state index contributed by atoms with van der Waals surface area (Å²) in [6, 6.07) is 16.3. The molecule has 0 fully saturated rings. The van der Waals surface area contributed by atoms with Crippen LogP contribution >= 0.6 is 0 Å². The van der Waals surface area contributed by atoms with E-state index in [1.54, 1.807) is 0 Å². The fourth-order valence-corrected chi connectivity index (χ4v) is 3.08. The molecule has 0 saturated carbocycles. The molecule has 0 aliphatic carbocycles. The first-order valence-electron chi connectivity index (χ1n) is 8.08. The van der Waals surface area contributed by atoms with Gasteiger partial charge in [0.05, 0.1) is 6.04 Å². The van der Waals surface area contributed by atoms with Crippen LogP contribution in [0.4, 0.5) is 0 Å². The van der Waals surface area contributed by atoms with E-state index in [1.807, 2.05) is 56.0 Å². The van der Waals surface area contributed by atoms with Crippen LogP contribution in [0.3, 0.4) is 0 Å². The number of hydrogen-bond donors (Lipinski definition) is 1. The molecule has 2 aromatic rings. The number of fused-ring (bicyclic) bond motifs is 1. The van der Waals surface area contributed by atoms with Crippen molar-refractivity contribution in [2.24, 2.45) is 11.1 Å². The molecule has 0 saturated heterocycles. The number of hydrogen-bond acceptors (Lipinski definition) is 2. The average Bonchev–Trinajstić information content (AvgIpc) is 2.96. The van der Waals surface area contributed by atoms with E-state index in [9.17, 15) is 4.79 Å². The van der Waals surface area contributed by atoms with Gasteiger partial charge < -0.3 is 10.6 Å². The maximum absolute atomic E-state index is 12.5. The lowest BCUT2D eigenvalue weighted by atomic mass is 9.95. The highest BCUT2D eigenvalue weighted by molar-refractivity contribution is 5.82. The summed E-state index contributed by atoms with van der Waals surface area (Å²) in [7, 11) is 0. The van der Waals surface area contributed by atoms with Gasteiger partial charge in [0.25, 0.3) is 0 Å². The molecule has 1 amide bonds. The predicted octanol–water partition coefficient (Wildman–Crippen LogP) is 3.62. The molecule has 3 rings (SSSR count). The molecule has 23 heavy (non-hydrogen) atoms. The standard InChI is InChI=1S/C20H24N2O/c1-20(2,3)19(23)22-12-16-10-9-15(11-17(16)13-22)18(21)14-7-5-4-6-8-14/h4-11,18H,12-13,21H2,1-3H3. The molecular weight excluding hydrogens is 284 g/mol. The monoisotopic (exact) mass is 308 g/mol. The molecule has 3 nitrogen and oxygen atoms in total. The molecule has 2 aromatic carbocycles. The normalized spacial score (nSPS) is 15.4. The maximum Gasteiger partial charge on any atom is 0.228 e. The number of nitrogens with zero attached hydrogens (tertiary/aromatic N) is 1. The summed E-state index contributed by atoms with van der Waals surface area (Å²) in [4.78, 5) is 14.4. The summed E-state index contributed by atoms with van der Waals surface area (Å²) in [5, 5.41) is 0. The third-order valence-corrected chi connectivity index (χ3v) is 4.40. The molecule has 1 atom stereocenters. The highest BCUT2D eigenvalue weighted by atomic mass is 16.2. The molecule has 1 aliphatic heterocycles. The first-order valence-corrected chi connectivity index (χ1v) is 8.08. The number of benzene rings is 2. The smallest absolute Gasteiger partial charge is 0.228 e. The largest absolute Gasteiger partial charge is 0.334 e. The molecule has 1 heterocycles. The first-order chi connectivity index (χ1) is 10.9. The second-order valence-electron chi connectivity index (χ2n) is 7.33. The van der Waals surface area contributed by atoms with Crippen molar-refractivity contribution in [2.45, 2.75) is 39.9 Å². The number of nitrogens with two attached hydrogens (primary N) is 1. The zero-order valence-corrected chi connectivity index (χ0v) is 14.0. The fourth-order valence-electron chi connectivity index (χ4n) is 3.08. The Hall–Kier alpha value is -2.13. The predicted molar refractivity (Wildman–Crippen MR) is 92.6 cm³/mol. The molecule has 1 aliphatic rings. The van der Waals surface area contributed by atoms with E-state index in [2.05, 4.69) is 18.2 Å². The van der Waals surface area contributed by atoms with E-state index in [0.29, 0.717) is 13.1 Å². The minimum Gasteiger partial charge on any atom is -0.334 e. The van der Waals surface area contributed by atoms with Crippen LogP contribution < -0.4 is 5.73 Å². The molecule has 2 N–H and O–H groups in total. The molecule has 0 bridgehead atoms. The number of carbonyl (C=O) groups excluding carboxylic acids is 1. The summed E-state index contributed by atoms with van der Waals surface area (Å²) >= 11 is 0. The average molecular weight is 308 g/mol. The van der Waals surface area contributed by atoms with Gasteiger partial charge >= 0.3 is 0 Å². The van der Waals surface area contributed by atoms with Crippen molar-refractivity contribution in [2.75, 3.05) is 0 Å². The van der Waals surface area contributed by atoms with Crippen LogP contribution in [-0.2, 0) is 17.9 Å². The maximum atomic E-state index is 12.5. The van der Waals surface area contributed by atoms with Gasteiger partial charge in [-0.3, -0.25) is 4.79 Å². The van der Waals surface area contributed by atoms with Crippen LogP contribution in [0, 0.1) is 5.41 Å². The minimum absolute atomic E-state index is 0.131.